The van der Waals surface area contributed by atoms with Gasteiger partial charge in [0.25, 0.3) is 0 Å². The number of amides is 1. The molecule has 0 spiro atoms. The Morgan fingerprint density at radius 2 is 1.85 bits per heavy atom. The van der Waals surface area contributed by atoms with E-state index in [9.17, 15) is 19.5 Å². The van der Waals surface area contributed by atoms with Gasteiger partial charge in [-0.2, -0.15) is 0 Å². The molecule has 116 valence electrons. The molecule has 2 unspecified atom stereocenters. The van der Waals surface area contributed by atoms with Gasteiger partial charge < -0.3 is 20.3 Å². The molecule has 2 atom stereocenters. The molecule has 1 amide bonds. The van der Waals surface area contributed by atoms with Crippen molar-refractivity contribution < 1.29 is 29.3 Å². The van der Waals surface area contributed by atoms with Crippen LogP contribution in [0, 0.1) is 11.3 Å². The van der Waals surface area contributed by atoms with Gasteiger partial charge in [0.15, 0.2) is 0 Å². The van der Waals surface area contributed by atoms with Crippen molar-refractivity contribution in [1.82, 2.24) is 5.32 Å². The highest BCUT2D eigenvalue weighted by atomic mass is 16.5. The second kappa shape index (κ2) is 7.96. The number of aliphatic hydroxyl groups excluding tert-OH is 2. The average molecular weight is 289 g/mol. The van der Waals surface area contributed by atoms with E-state index in [0.717, 1.165) is 0 Å². The van der Waals surface area contributed by atoms with Crippen LogP contribution in [0.5, 0.6) is 0 Å². The van der Waals surface area contributed by atoms with E-state index < -0.39 is 35.1 Å². The fourth-order valence-corrected chi connectivity index (χ4v) is 1.38. The maximum Gasteiger partial charge on any atom is 0.318 e. The van der Waals surface area contributed by atoms with Crippen LogP contribution in [0.25, 0.3) is 0 Å². The summed E-state index contributed by atoms with van der Waals surface area (Å²) < 4.78 is 4.73. The van der Waals surface area contributed by atoms with Crippen LogP contribution in [0.4, 0.5) is 0 Å². The number of ether oxygens (including phenoxy) is 1. The van der Waals surface area contributed by atoms with Gasteiger partial charge in [-0.25, -0.2) is 0 Å². The Bertz CT molecular complexity index is 366. The van der Waals surface area contributed by atoms with Gasteiger partial charge in [0, 0.05) is 12.0 Å². The second-order valence-electron chi connectivity index (χ2n) is 5.21. The van der Waals surface area contributed by atoms with E-state index in [-0.39, 0.29) is 19.8 Å². The van der Waals surface area contributed by atoms with Crippen molar-refractivity contribution in [3.8, 4) is 0 Å². The van der Waals surface area contributed by atoms with Crippen LogP contribution >= 0.6 is 0 Å². The van der Waals surface area contributed by atoms with Crippen molar-refractivity contribution in [2.75, 3.05) is 19.8 Å². The van der Waals surface area contributed by atoms with Gasteiger partial charge in [-0.3, -0.25) is 14.4 Å². The first-order chi connectivity index (χ1) is 9.17. The molecule has 0 bridgehead atoms. The van der Waals surface area contributed by atoms with Crippen molar-refractivity contribution in [1.29, 1.82) is 0 Å². The molecular formula is C13H23NO6. The monoisotopic (exact) mass is 289 g/mol. The predicted octanol–water partition coefficient (Wildman–Crippen LogP) is -0.750. The fraction of sp³-hybridized carbons (Fsp3) is 0.769. The average Bonchev–Trinajstić information content (AvgIpc) is 2.37. The Morgan fingerprint density at radius 1 is 1.30 bits per heavy atom. The van der Waals surface area contributed by atoms with E-state index >= 15 is 0 Å². The van der Waals surface area contributed by atoms with Crippen molar-refractivity contribution >= 4 is 17.7 Å². The van der Waals surface area contributed by atoms with E-state index in [4.69, 9.17) is 9.84 Å². The number of Topliss-reactive ketones (excluding diaryl/α,β-unsaturated/α-hetero) is 1. The second-order valence-corrected chi connectivity index (χ2v) is 5.21. The SMILES string of the molecule is CCOC(=O)C(CNC(=O)C(O)C(C)(C)CO)C(C)=O. The summed E-state index contributed by atoms with van der Waals surface area (Å²) in [4.78, 5) is 34.6. The standard InChI is InChI=1S/C13H23NO6/c1-5-20-12(19)9(8(2)16)6-14-11(18)10(17)13(3,4)7-15/h9-10,15,17H,5-7H2,1-4H3,(H,14,18). The van der Waals surface area contributed by atoms with Crippen molar-refractivity contribution in [3.63, 3.8) is 0 Å². The van der Waals surface area contributed by atoms with Gasteiger partial charge in [-0.1, -0.05) is 13.8 Å². The zero-order valence-electron chi connectivity index (χ0n) is 12.3. The van der Waals surface area contributed by atoms with Gasteiger partial charge in [-0.05, 0) is 13.8 Å². The highest BCUT2D eigenvalue weighted by Gasteiger charge is 2.34. The Labute approximate surface area is 118 Å². The van der Waals surface area contributed by atoms with E-state index in [1.54, 1.807) is 6.92 Å². The number of nitrogens with one attached hydrogen (secondary N) is 1. The third-order valence-corrected chi connectivity index (χ3v) is 2.94. The molecule has 20 heavy (non-hydrogen) atoms. The minimum Gasteiger partial charge on any atom is -0.465 e. The number of aliphatic hydroxyl groups is 2. The summed E-state index contributed by atoms with van der Waals surface area (Å²) in [7, 11) is 0. The van der Waals surface area contributed by atoms with Gasteiger partial charge in [-0.15, -0.1) is 0 Å². The van der Waals surface area contributed by atoms with Gasteiger partial charge >= 0.3 is 5.97 Å². The lowest BCUT2D eigenvalue weighted by atomic mass is 9.87. The Morgan fingerprint density at radius 3 is 2.25 bits per heavy atom. The number of carbonyl (C=O) groups is 3. The summed E-state index contributed by atoms with van der Waals surface area (Å²) >= 11 is 0. The Hall–Kier alpha value is -1.47. The molecule has 0 aromatic rings. The maximum absolute atomic E-state index is 11.7. The lowest BCUT2D eigenvalue weighted by Crippen LogP contribution is -2.48. The zero-order chi connectivity index (χ0) is 15.9. The maximum atomic E-state index is 11.7. The number of carbonyl (C=O) groups excluding carboxylic acids is 3. The summed E-state index contributed by atoms with van der Waals surface area (Å²) in [6.45, 7) is 5.39. The fourth-order valence-electron chi connectivity index (χ4n) is 1.38. The summed E-state index contributed by atoms with van der Waals surface area (Å²) in [5.74, 6) is -2.99. The number of ketones is 1. The molecule has 0 fully saturated rings. The molecule has 0 aliphatic heterocycles. The zero-order valence-corrected chi connectivity index (χ0v) is 12.3. The first-order valence-electron chi connectivity index (χ1n) is 6.41. The van der Waals surface area contributed by atoms with Crippen molar-refractivity contribution in [3.05, 3.63) is 0 Å². The minimum atomic E-state index is -1.44. The van der Waals surface area contributed by atoms with Crippen LogP contribution in [0.15, 0.2) is 0 Å². The van der Waals surface area contributed by atoms with Crippen LogP contribution in [-0.4, -0.2) is 53.7 Å². The molecule has 3 N–H and O–H groups in total. The molecule has 0 rings (SSSR count). The van der Waals surface area contributed by atoms with E-state index in [2.05, 4.69) is 5.32 Å². The Balaban J connectivity index is 4.61. The van der Waals surface area contributed by atoms with Crippen LogP contribution in [0.2, 0.25) is 0 Å². The lowest BCUT2D eigenvalue weighted by molar-refractivity contribution is -0.151. The first kappa shape index (κ1) is 18.5. The summed E-state index contributed by atoms with van der Waals surface area (Å²) in [5.41, 5.74) is -1.01. The van der Waals surface area contributed by atoms with E-state index in [1.165, 1.54) is 20.8 Å². The normalized spacial score (nSPS) is 14.3. The van der Waals surface area contributed by atoms with Gasteiger partial charge in [0.05, 0.1) is 13.2 Å². The molecule has 0 aromatic carbocycles. The smallest absolute Gasteiger partial charge is 0.318 e. The molecule has 7 nitrogen and oxygen atoms in total. The summed E-state index contributed by atoms with van der Waals surface area (Å²) in [6.07, 6.45) is -1.44. The third kappa shape index (κ3) is 5.26. The molecule has 0 heterocycles. The van der Waals surface area contributed by atoms with Crippen molar-refractivity contribution in [2.24, 2.45) is 11.3 Å². The third-order valence-electron chi connectivity index (χ3n) is 2.94. The van der Waals surface area contributed by atoms with Crippen LogP contribution in [-0.2, 0) is 19.1 Å². The van der Waals surface area contributed by atoms with Crippen LogP contribution < -0.4 is 5.32 Å². The molecule has 0 saturated heterocycles. The predicted molar refractivity (Wildman–Crippen MR) is 70.7 cm³/mol. The number of rotatable bonds is 8. The molecule has 0 saturated carbocycles. The summed E-state index contributed by atoms with van der Waals surface area (Å²) in [5, 5.41) is 21.2. The van der Waals surface area contributed by atoms with Crippen molar-refractivity contribution in [2.45, 2.75) is 33.8 Å². The van der Waals surface area contributed by atoms with Gasteiger partial charge in [0.2, 0.25) is 5.91 Å². The van der Waals surface area contributed by atoms with E-state index in [0.29, 0.717) is 0 Å². The molecule has 7 heteroatoms. The highest BCUT2D eigenvalue weighted by Crippen LogP contribution is 2.19. The molecule has 0 aliphatic carbocycles. The number of esters is 1. The molecule has 0 aromatic heterocycles. The Kier molecular flexibility index (Phi) is 7.38. The molecular weight excluding hydrogens is 266 g/mol. The van der Waals surface area contributed by atoms with Gasteiger partial charge in [0.1, 0.15) is 17.8 Å². The largest absolute Gasteiger partial charge is 0.465 e. The molecule has 0 aliphatic rings. The first-order valence-corrected chi connectivity index (χ1v) is 6.41. The highest BCUT2D eigenvalue weighted by molar-refractivity contribution is 5.98. The van der Waals surface area contributed by atoms with Crippen LogP contribution in [0.1, 0.15) is 27.7 Å². The number of hydrogen-bond acceptors (Lipinski definition) is 6. The minimum absolute atomic E-state index is 0.136. The molecule has 0 radical (unpaired) electrons. The van der Waals surface area contributed by atoms with E-state index in [1.807, 2.05) is 0 Å². The quantitative estimate of drug-likeness (QED) is 0.400. The number of hydrogen-bond donors (Lipinski definition) is 3. The topological polar surface area (TPSA) is 113 Å². The van der Waals surface area contributed by atoms with Crippen LogP contribution in [0.3, 0.4) is 0 Å². The lowest BCUT2D eigenvalue weighted by Gasteiger charge is -2.27. The summed E-state index contributed by atoms with van der Waals surface area (Å²) in [6, 6.07) is 0.